The van der Waals surface area contributed by atoms with Crippen LogP contribution in [0, 0.1) is 12.9 Å². The van der Waals surface area contributed by atoms with Crippen LogP contribution in [-0.2, 0) is 0 Å². The SMILES string of the molecule is Cc1cc(-c2ncccn2)cc(F)n1. The maximum absolute atomic E-state index is 12.9. The molecule has 3 nitrogen and oxygen atoms in total. The lowest BCUT2D eigenvalue weighted by molar-refractivity contribution is 0.580. The van der Waals surface area contributed by atoms with Crippen LogP contribution < -0.4 is 0 Å². The fourth-order valence-corrected chi connectivity index (χ4v) is 1.21. The highest BCUT2D eigenvalue weighted by Crippen LogP contribution is 2.14. The highest BCUT2D eigenvalue weighted by molar-refractivity contribution is 5.54. The molecule has 0 aliphatic heterocycles. The van der Waals surface area contributed by atoms with Gasteiger partial charge in [0.25, 0.3) is 0 Å². The van der Waals surface area contributed by atoms with Gasteiger partial charge in [0.2, 0.25) is 5.95 Å². The zero-order chi connectivity index (χ0) is 9.97. The van der Waals surface area contributed by atoms with Crippen LogP contribution in [0.3, 0.4) is 0 Å². The predicted octanol–water partition coefficient (Wildman–Crippen LogP) is 1.99. The first-order chi connectivity index (χ1) is 6.75. The van der Waals surface area contributed by atoms with Gasteiger partial charge in [0.05, 0.1) is 0 Å². The van der Waals surface area contributed by atoms with Crippen molar-refractivity contribution in [3.63, 3.8) is 0 Å². The summed E-state index contributed by atoms with van der Waals surface area (Å²) in [5.41, 5.74) is 1.27. The maximum atomic E-state index is 12.9. The van der Waals surface area contributed by atoms with E-state index in [0.29, 0.717) is 17.1 Å². The third kappa shape index (κ3) is 1.74. The lowest BCUT2D eigenvalue weighted by Gasteiger charge is -2.00. The minimum absolute atomic E-state index is 0.507. The van der Waals surface area contributed by atoms with E-state index in [4.69, 9.17) is 0 Å². The average molecular weight is 189 g/mol. The molecule has 70 valence electrons. The number of halogens is 1. The van der Waals surface area contributed by atoms with Crippen molar-refractivity contribution in [1.82, 2.24) is 15.0 Å². The molecule has 2 aromatic heterocycles. The average Bonchev–Trinajstić information content (AvgIpc) is 2.18. The Bertz CT molecular complexity index is 422. The number of hydrogen-bond acceptors (Lipinski definition) is 3. The Kier molecular flexibility index (Phi) is 2.18. The van der Waals surface area contributed by atoms with Gasteiger partial charge in [0.1, 0.15) is 0 Å². The molecule has 0 fully saturated rings. The van der Waals surface area contributed by atoms with E-state index in [0.717, 1.165) is 0 Å². The van der Waals surface area contributed by atoms with Gasteiger partial charge in [-0.1, -0.05) is 0 Å². The van der Waals surface area contributed by atoms with Gasteiger partial charge in [-0.2, -0.15) is 4.39 Å². The summed E-state index contributed by atoms with van der Waals surface area (Å²) >= 11 is 0. The Balaban J connectivity index is 2.52. The summed E-state index contributed by atoms with van der Waals surface area (Å²) in [6, 6.07) is 4.79. The molecular weight excluding hydrogens is 181 g/mol. The first-order valence-electron chi connectivity index (χ1n) is 4.17. The predicted molar refractivity (Wildman–Crippen MR) is 50.0 cm³/mol. The van der Waals surface area contributed by atoms with Crippen molar-refractivity contribution >= 4 is 0 Å². The lowest BCUT2D eigenvalue weighted by Crippen LogP contribution is -1.92. The van der Waals surface area contributed by atoms with Gasteiger partial charge in [-0.25, -0.2) is 15.0 Å². The fraction of sp³-hybridized carbons (Fsp3) is 0.100. The first kappa shape index (κ1) is 8.74. The van der Waals surface area contributed by atoms with Crippen LogP contribution in [0.25, 0.3) is 11.4 Å². The summed E-state index contributed by atoms with van der Waals surface area (Å²) in [4.78, 5) is 11.7. The summed E-state index contributed by atoms with van der Waals surface area (Å²) in [5, 5.41) is 0. The number of rotatable bonds is 1. The molecule has 0 saturated heterocycles. The van der Waals surface area contributed by atoms with Crippen LogP contribution in [0.1, 0.15) is 5.69 Å². The Morgan fingerprint density at radius 1 is 1.14 bits per heavy atom. The first-order valence-corrected chi connectivity index (χ1v) is 4.17. The van der Waals surface area contributed by atoms with Crippen LogP contribution in [0.5, 0.6) is 0 Å². The molecule has 0 aliphatic rings. The zero-order valence-corrected chi connectivity index (χ0v) is 7.61. The minimum Gasteiger partial charge on any atom is -0.237 e. The maximum Gasteiger partial charge on any atom is 0.213 e. The molecule has 14 heavy (non-hydrogen) atoms. The van der Waals surface area contributed by atoms with E-state index in [9.17, 15) is 4.39 Å². The molecule has 0 aromatic carbocycles. The second-order valence-electron chi connectivity index (χ2n) is 2.89. The molecular formula is C10H8FN3. The van der Waals surface area contributed by atoms with Crippen molar-refractivity contribution in [3.05, 3.63) is 42.2 Å². The highest BCUT2D eigenvalue weighted by Gasteiger charge is 2.03. The van der Waals surface area contributed by atoms with Crippen molar-refractivity contribution in [2.24, 2.45) is 0 Å². The van der Waals surface area contributed by atoms with Crippen molar-refractivity contribution in [2.75, 3.05) is 0 Å². The van der Waals surface area contributed by atoms with E-state index >= 15 is 0 Å². The number of aromatic nitrogens is 3. The van der Waals surface area contributed by atoms with E-state index in [2.05, 4.69) is 15.0 Å². The van der Waals surface area contributed by atoms with Crippen molar-refractivity contribution < 1.29 is 4.39 Å². The van der Waals surface area contributed by atoms with E-state index in [1.54, 1.807) is 31.5 Å². The Morgan fingerprint density at radius 2 is 1.86 bits per heavy atom. The minimum atomic E-state index is -0.507. The molecule has 2 aromatic rings. The summed E-state index contributed by atoms with van der Waals surface area (Å²) < 4.78 is 12.9. The Labute approximate surface area is 80.7 Å². The van der Waals surface area contributed by atoms with Crippen LogP contribution in [0.4, 0.5) is 4.39 Å². The van der Waals surface area contributed by atoms with Crippen LogP contribution in [0.15, 0.2) is 30.6 Å². The molecule has 0 atom stereocenters. The quantitative estimate of drug-likeness (QED) is 0.644. The van der Waals surface area contributed by atoms with Gasteiger partial charge in [0.15, 0.2) is 5.82 Å². The number of nitrogens with zero attached hydrogens (tertiary/aromatic N) is 3. The van der Waals surface area contributed by atoms with Gasteiger partial charge in [0, 0.05) is 29.7 Å². The molecule has 0 saturated carbocycles. The summed E-state index contributed by atoms with van der Waals surface area (Å²) in [6.45, 7) is 1.73. The molecule has 0 amide bonds. The van der Waals surface area contributed by atoms with Gasteiger partial charge < -0.3 is 0 Å². The topological polar surface area (TPSA) is 38.7 Å². The van der Waals surface area contributed by atoms with Gasteiger partial charge >= 0.3 is 0 Å². The standard InChI is InChI=1S/C10H8FN3/c1-7-5-8(6-9(11)14-7)10-12-3-2-4-13-10/h2-6H,1H3. The summed E-state index contributed by atoms with van der Waals surface area (Å²) in [7, 11) is 0. The molecule has 2 heterocycles. The normalized spacial score (nSPS) is 10.1. The molecule has 4 heteroatoms. The van der Waals surface area contributed by atoms with Gasteiger partial charge in [-0.05, 0) is 19.1 Å². The van der Waals surface area contributed by atoms with E-state index in [1.807, 2.05) is 0 Å². The Morgan fingerprint density at radius 3 is 2.50 bits per heavy atom. The number of hydrogen-bond donors (Lipinski definition) is 0. The third-order valence-electron chi connectivity index (χ3n) is 1.75. The number of pyridine rings is 1. The van der Waals surface area contributed by atoms with Crippen molar-refractivity contribution in [1.29, 1.82) is 0 Å². The number of aryl methyl sites for hydroxylation is 1. The molecule has 0 bridgehead atoms. The van der Waals surface area contributed by atoms with Crippen LogP contribution >= 0.6 is 0 Å². The van der Waals surface area contributed by atoms with E-state index < -0.39 is 5.95 Å². The van der Waals surface area contributed by atoms with Crippen molar-refractivity contribution in [3.8, 4) is 11.4 Å². The lowest BCUT2D eigenvalue weighted by atomic mass is 10.2. The molecule has 0 aliphatic carbocycles. The second kappa shape index (κ2) is 3.49. The van der Waals surface area contributed by atoms with E-state index in [-0.39, 0.29) is 0 Å². The van der Waals surface area contributed by atoms with Crippen molar-refractivity contribution in [2.45, 2.75) is 6.92 Å². The van der Waals surface area contributed by atoms with Gasteiger partial charge in [-0.3, -0.25) is 0 Å². The summed E-state index contributed by atoms with van der Waals surface area (Å²) in [5.74, 6) is 0.00403. The third-order valence-corrected chi connectivity index (χ3v) is 1.75. The molecule has 0 N–H and O–H groups in total. The second-order valence-corrected chi connectivity index (χ2v) is 2.89. The van der Waals surface area contributed by atoms with E-state index in [1.165, 1.54) is 6.07 Å². The smallest absolute Gasteiger partial charge is 0.213 e. The molecule has 0 radical (unpaired) electrons. The Hall–Kier alpha value is -1.84. The fourth-order valence-electron chi connectivity index (χ4n) is 1.21. The largest absolute Gasteiger partial charge is 0.237 e. The monoisotopic (exact) mass is 189 g/mol. The molecule has 0 unspecified atom stereocenters. The van der Waals surface area contributed by atoms with Gasteiger partial charge in [-0.15, -0.1) is 0 Å². The summed E-state index contributed by atoms with van der Waals surface area (Å²) in [6.07, 6.45) is 3.24. The molecule has 0 spiro atoms. The molecule has 2 rings (SSSR count). The van der Waals surface area contributed by atoms with Crippen LogP contribution in [-0.4, -0.2) is 15.0 Å². The highest BCUT2D eigenvalue weighted by atomic mass is 19.1. The zero-order valence-electron chi connectivity index (χ0n) is 7.61. The van der Waals surface area contributed by atoms with Crippen LogP contribution in [0.2, 0.25) is 0 Å².